The molecule has 0 spiro atoms. The molecule has 2 saturated carbocycles. The van der Waals surface area contributed by atoms with Crippen molar-refractivity contribution in [2.24, 2.45) is 17.8 Å². The summed E-state index contributed by atoms with van der Waals surface area (Å²) in [5, 5.41) is 1.18. The Labute approximate surface area is 103 Å². The van der Waals surface area contributed by atoms with Crippen molar-refractivity contribution in [3.05, 3.63) is 0 Å². The molecule has 1 atom stereocenters. The quantitative estimate of drug-likeness (QED) is 0.612. The first-order chi connectivity index (χ1) is 7.31. The normalized spacial score (nSPS) is 23.4. The zero-order valence-electron chi connectivity index (χ0n) is 9.92. The van der Waals surface area contributed by atoms with Crippen LogP contribution in [0.5, 0.6) is 0 Å². The Hall–Kier alpha value is 0.440. The monoisotopic (exact) mass is 273 g/mol. The molecule has 1 unspecified atom stereocenters. The van der Waals surface area contributed by atoms with E-state index in [-0.39, 0.29) is 0 Å². The number of hydrogen-bond acceptors (Lipinski definition) is 1. The van der Waals surface area contributed by atoms with Crippen molar-refractivity contribution in [3.8, 4) is 0 Å². The Morgan fingerprint density at radius 2 is 1.67 bits per heavy atom. The summed E-state index contributed by atoms with van der Waals surface area (Å²) < 4.78 is 0. The number of alkyl halides is 1. The summed E-state index contributed by atoms with van der Waals surface area (Å²) in [7, 11) is 0. The van der Waals surface area contributed by atoms with Crippen LogP contribution < -0.4 is 0 Å². The van der Waals surface area contributed by atoms with Crippen LogP contribution in [-0.4, -0.2) is 29.9 Å². The fraction of sp³-hybridized carbons (Fsp3) is 1.00. The fourth-order valence-electron chi connectivity index (χ4n) is 2.21. The lowest BCUT2D eigenvalue weighted by Crippen LogP contribution is -2.33. The van der Waals surface area contributed by atoms with Crippen molar-refractivity contribution in [1.82, 2.24) is 4.90 Å². The van der Waals surface area contributed by atoms with Crippen LogP contribution in [-0.2, 0) is 0 Å². The second-order valence-electron chi connectivity index (χ2n) is 5.53. The molecule has 0 aromatic rings. The lowest BCUT2D eigenvalue weighted by Gasteiger charge is -2.26. The number of rotatable bonds is 8. The topological polar surface area (TPSA) is 3.24 Å². The minimum absolute atomic E-state index is 0.863. The molecular weight excluding hydrogens is 250 g/mol. The Morgan fingerprint density at radius 3 is 2.00 bits per heavy atom. The van der Waals surface area contributed by atoms with Crippen molar-refractivity contribution in [2.75, 3.05) is 25.0 Å². The van der Waals surface area contributed by atoms with Gasteiger partial charge >= 0.3 is 0 Å². The average Bonchev–Trinajstić information content (AvgIpc) is 3.09. The predicted molar refractivity (Wildman–Crippen MR) is 69.5 cm³/mol. The number of nitrogens with zero attached hydrogens (tertiary/aromatic N) is 1. The van der Waals surface area contributed by atoms with Crippen LogP contribution in [0.15, 0.2) is 0 Å². The van der Waals surface area contributed by atoms with E-state index in [1.54, 1.807) is 0 Å². The minimum Gasteiger partial charge on any atom is -0.302 e. The lowest BCUT2D eigenvalue weighted by atomic mass is 10.1. The molecule has 0 bridgehead atoms. The third kappa shape index (κ3) is 4.44. The van der Waals surface area contributed by atoms with Crippen LogP contribution in [0.3, 0.4) is 0 Å². The molecule has 2 rings (SSSR count). The van der Waals surface area contributed by atoms with Crippen LogP contribution in [0.4, 0.5) is 0 Å². The van der Waals surface area contributed by atoms with Gasteiger partial charge in [-0.3, -0.25) is 0 Å². The molecule has 0 amide bonds. The molecule has 0 aromatic heterocycles. The summed E-state index contributed by atoms with van der Waals surface area (Å²) in [4.78, 5) is 2.75. The number of halogens is 1. The van der Waals surface area contributed by atoms with Gasteiger partial charge in [-0.15, -0.1) is 0 Å². The first-order valence-corrected chi connectivity index (χ1v) is 7.72. The second kappa shape index (κ2) is 5.67. The van der Waals surface area contributed by atoms with Crippen LogP contribution >= 0.6 is 15.9 Å². The van der Waals surface area contributed by atoms with E-state index in [0.717, 1.165) is 17.8 Å². The van der Waals surface area contributed by atoms with Gasteiger partial charge in [0.15, 0.2) is 0 Å². The molecular formula is C13H24BrN. The molecule has 2 fully saturated rings. The van der Waals surface area contributed by atoms with E-state index < -0.39 is 0 Å². The Morgan fingerprint density at radius 1 is 1.13 bits per heavy atom. The SMILES string of the molecule is CCC(CBr)CN(CC1CC1)CC1CC1. The maximum Gasteiger partial charge on any atom is 0.00717 e. The standard InChI is InChI=1S/C13H24BrN/c1-2-11(7-14)8-15(9-12-3-4-12)10-13-5-6-13/h11-13H,2-10H2,1H3. The second-order valence-corrected chi connectivity index (χ2v) is 6.18. The van der Waals surface area contributed by atoms with E-state index in [9.17, 15) is 0 Å². The smallest absolute Gasteiger partial charge is 0.00717 e. The highest BCUT2D eigenvalue weighted by atomic mass is 79.9. The van der Waals surface area contributed by atoms with Gasteiger partial charge in [0.1, 0.15) is 0 Å². The van der Waals surface area contributed by atoms with E-state index in [4.69, 9.17) is 0 Å². The maximum absolute atomic E-state index is 3.64. The summed E-state index contributed by atoms with van der Waals surface area (Å²) in [6.07, 6.45) is 7.29. The maximum atomic E-state index is 3.64. The van der Waals surface area contributed by atoms with E-state index in [1.807, 2.05) is 0 Å². The van der Waals surface area contributed by atoms with Crippen LogP contribution in [0.1, 0.15) is 39.0 Å². The molecule has 0 radical (unpaired) electrons. The van der Waals surface area contributed by atoms with E-state index >= 15 is 0 Å². The highest BCUT2D eigenvalue weighted by molar-refractivity contribution is 9.09. The van der Waals surface area contributed by atoms with Crippen molar-refractivity contribution in [1.29, 1.82) is 0 Å². The van der Waals surface area contributed by atoms with E-state index in [2.05, 4.69) is 27.8 Å². The van der Waals surface area contributed by atoms with E-state index in [0.29, 0.717) is 0 Å². The largest absolute Gasteiger partial charge is 0.302 e. The third-order valence-electron chi connectivity index (χ3n) is 3.74. The van der Waals surface area contributed by atoms with Gasteiger partial charge < -0.3 is 4.90 Å². The van der Waals surface area contributed by atoms with E-state index in [1.165, 1.54) is 57.1 Å². The summed E-state index contributed by atoms with van der Waals surface area (Å²) in [5.41, 5.74) is 0. The summed E-state index contributed by atoms with van der Waals surface area (Å²) in [6, 6.07) is 0. The Kier molecular flexibility index (Phi) is 4.51. The Balaban J connectivity index is 1.73. The molecule has 2 aliphatic rings. The molecule has 0 saturated heterocycles. The third-order valence-corrected chi connectivity index (χ3v) is 4.65. The van der Waals surface area contributed by atoms with Crippen molar-refractivity contribution >= 4 is 15.9 Å². The average molecular weight is 274 g/mol. The van der Waals surface area contributed by atoms with Gasteiger partial charge in [-0.05, 0) is 43.4 Å². The highest BCUT2D eigenvalue weighted by Gasteiger charge is 2.29. The highest BCUT2D eigenvalue weighted by Crippen LogP contribution is 2.34. The van der Waals surface area contributed by atoms with Crippen LogP contribution in [0.25, 0.3) is 0 Å². The van der Waals surface area contributed by atoms with Gasteiger partial charge in [0.2, 0.25) is 0 Å². The molecule has 0 aromatic carbocycles. The Bertz CT molecular complexity index is 169. The van der Waals surface area contributed by atoms with Gasteiger partial charge in [0, 0.05) is 25.0 Å². The molecule has 1 nitrogen and oxygen atoms in total. The molecule has 0 heterocycles. The summed E-state index contributed by atoms with van der Waals surface area (Å²) >= 11 is 3.64. The predicted octanol–water partition coefficient (Wildman–Crippen LogP) is 3.53. The summed E-state index contributed by atoms with van der Waals surface area (Å²) in [6.45, 7) is 6.42. The van der Waals surface area contributed by atoms with Crippen molar-refractivity contribution in [3.63, 3.8) is 0 Å². The molecule has 88 valence electrons. The van der Waals surface area contributed by atoms with Gasteiger partial charge in [0.05, 0.1) is 0 Å². The van der Waals surface area contributed by atoms with Crippen LogP contribution in [0.2, 0.25) is 0 Å². The van der Waals surface area contributed by atoms with Crippen LogP contribution in [0, 0.1) is 17.8 Å². The first-order valence-electron chi connectivity index (χ1n) is 6.60. The van der Waals surface area contributed by atoms with Gasteiger partial charge in [-0.25, -0.2) is 0 Å². The molecule has 0 aliphatic heterocycles. The molecule has 2 aliphatic carbocycles. The van der Waals surface area contributed by atoms with Crippen molar-refractivity contribution < 1.29 is 0 Å². The van der Waals surface area contributed by atoms with Gasteiger partial charge in [0.25, 0.3) is 0 Å². The lowest BCUT2D eigenvalue weighted by molar-refractivity contribution is 0.220. The van der Waals surface area contributed by atoms with Gasteiger partial charge in [-0.2, -0.15) is 0 Å². The summed E-state index contributed by atoms with van der Waals surface area (Å²) in [5.74, 6) is 2.97. The molecule has 15 heavy (non-hydrogen) atoms. The zero-order chi connectivity index (χ0) is 10.7. The van der Waals surface area contributed by atoms with Crippen molar-refractivity contribution in [2.45, 2.75) is 39.0 Å². The first kappa shape index (κ1) is 11.9. The van der Waals surface area contributed by atoms with Gasteiger partial charge in [-0.1, -0.05) is 29.3 Å². The zero-order valence-corrected chi connectivity index (χ0v) is 11.5. The molecule has 0 N–H and O–H groups in total. The fourth-order valence-corrected chi connectivity index (χ4v) is 2.87. The molecule has 2 heteroatoms. The number of hydrogen-bond donors (Lipinski definition) is 0. The minimum atomic E-state index is 0.863.